The van der Waals surface area contributed by atoms with Crippen LogP contribution in [0.25, 0.3) is 0 Å². The Hall–Kier alpha value is -2.61. The predicted octanol–water partition coefficient (Wildman–Crippen LogP) is 3.81. The third-order valence-electron chi connectivity index (χ3n) is 2.81. The summed E-state index contributed by atoms with van der Waals surface area (Å²) in [5.74, 6) is -0.630. The summed E-state index contributed by atoms with van der Waals surface area (Å²) in [5, 5.41) is 8.86. The minimum atomic E-state index is -0.665. The maximum Gasteiger partial charge on any atom is 0.162 e. The molecule has 0 spiro atoms. The average Bonchev–Trinajstić information content (AvgIpc) is 2.48. The van der Waals surface area contributed by atoms with Gasteiger partial charge in [-0.2, -0.15) is 5.26 Å². The summed E-state index contributed by atoms with van der Waals surface area (Å²) in [6.45, 7) is 1.92. The first-order valence-electron chi connectivity index (χ1n) is 6.38. The van der Waals surface area contributed by atoms with Crippen molar-refractivity contribution in [3.05, 3.63) is 59.2 Å². The summed E-state index contributed by atoms with van der Waals surface area (Å²) < 4.78 is 37.8. The van der Waals surface area contributed by atoms with Crippen LogP contribution >= 0.6 is 0 Å². The van der Waals surface area contributed by atoms with E-state index >= 15 is 0 Å². The molecule has 0 radical (unpaired) electrons. The van der Waals surface area contributed by atoms with Gasteiger partial charge in [-0.3, -0.25) is 0 Å². The molecule has 0 aliphatic heterocycles. The van der Waals surface area contributed by atoms with Gasteiger partial charge in [-0.05, 0) is 31.2 Å². The first kappa shape index (κ1) is 14.8. The molecular weight excluding hydrogens is 276 g/mol. The van der Waals surface area contributed by atoms with Crippen LogP contribution in [0.3, 0.4) is 0 Å². The second kappa shape index (κ2) is 6.71. The predicted molar refractivity (Wildman–Crippen MR) is 73.0 cm³/mol. The molecule has 0 saturated carbocycles. The lowest BCUT2D eigenvalue weighted by Gasteiger charge is -2.12. The molecule has 2 aromatic carbocycles. The van der Waals surface area contributed by atoms with Gasteiger partial charge in [-0.15, -0.1) is 0 Å². The van der Waals surface area contributed by atoms with E-state index in [-0.39, 0.29) is 12.2 Å². The van der Waals surface area contributed by atoms with E-state index in [1.54, 1.807) is 19.1 Å². The number of hydrogen-bond acceptors (Lipinski definition) is 3. The van der Waals surface area contributed by atoms with Crippen molar-refractivity contribution in [3.63, 3.8) is 0 Å². The number of hydrogen-bond donors (Lipinski definition) is 0. The van der Waals surface area contributed by atoms with Crippen molar-refractivity contribution in [1.29, 1.82) is 5.26 Å². The highest BCUT2D eigenvalue weighted by Crippen LogP contribution is 2.29. The van der Waals surface area contributed by atoms with Gasteiger partial charge in [0.1, 0.15) is 18.2 Å². The minimum Gasteiger partial charge on any atom is -0.490 e. The van der Waals surface area contributed by atoms with Gasteiger partial charge >= 0.3 is 0 Å². The number of halogens is 2. The molecular formula is C16H13F2NO2. The van der Waals surface area contributed by atoms with Gasteiger partial charge in [-0.1, -0.05) is 6.07 Å². The quantitative estimate of drug-likeness (QED) is 0.840. The number of rotatable bonds is 5. The fourth-order valence-electron chi connectivity index (χ4n) is 1.79. The summed E-state index contributed by atoms with van der Waals surface area (Å²) in [5.41, 5.74) is 0.271. The summed E-state index contributed by atoms with van der Waals surface area (Å²) in [6, 6.07) is 10.2. The molecule has 5 heteroatoms. The van der Waals surface area contributed by atoms with E-state index < -0.39 is 11.6 Å². The molecule has 108 valence electrons. The van der Waals surface area contributed by atoms with Crippen LogP contribution in [0.5, 0.6) is 11.5 Å². The molecule has 2 rings (SSSR count). The number of nitrogens with zero attached hydrogens (tertiary/aromatic N) is 1. The Bertz CT molecular complexity index is 660. The number of ether oxygens (including phenoxy) is 2. The highest BCUT2D eigenvalue weighted by molar-refractivity contribution is 5.46. The molecule has 0 heterocycles. The summed E-state index contributed by atoms with van der Waals surface area (Å²) in [7, 11) is 0. The van der Waals surface area contributed by atoms with Gasteiger partial charge in [0.2, 0.25) is 0 Å². The molecule has 0 bridgehead atoms. The van der Waals surface area contributed by atoms with Crippen molar-refractivity contribution >= 4 is 0 Å². The van der Waals surface area contributed by atoms with Crippen LogP contribution in [0.15, 0.2) is 36.4 Å². The van der Waals surface area contributed by atoms with Crippen molar-refractivity contribution in [2.75, 3.05) is 6.61 Å². The van der Waals surface area contributed by atoms with Crippen molar-refractivity contribution in [1.82, 2.24) is 0 Å². The summed E-state index contributed by atoms with van der Waals surface area (Å²) in [4.78, 5) is 0. The molecule has 0 aromatic heterocycles. The van der Waals surface area contributed by atoms with Crippen LogP contribution < -0.4 is 9.47 Å². The molecule has 0 fully saturated rings. The Morgan fingerprint density at radius 1 is 1.05 bits per heavy atom. The van der Waals surface area contributed by atoms with Crippen molar-refractivity contribution in [2.24, 2.45) is 0 Å². The zero-order valence-electron chi connectivity index (χ0n) is 11.4. The highest BCUT2D eigenvalue weighted by Gasteiger charge is 2.12. The first-order valence-corrected chi connectivity index (χ1v) is 6.38. The Kier molecular flexibility index (Phi) is 4.72. The molecule has 3 nitrogen and oxygen atoms in total. The van der Waals surface area contributed by atoms with E-state index in [1.165, 1.54) is 24.3 Å². The molecule has 2 aromatic rings. The standard InChI is InChI=1S/C16H13F2NO2/c1-2-20-16-8-11(9-19)6-7-15(16)21-10-12-13(17)4-3-5-14(12)18/h3-8H,2,10H2,1H3. The second-order valence-corrected chi connectivity index (χ2v) is 4.20. The smallest absolute Gasteiger partial charge is 0.162 e. The Labute approximate surface area is 121 Å². The van der Waals surface area contributed by atoms with Crippen molar-refractivity contribution in [2.45, 2.75) is 13.5 Å². The zero-order valence-corrected chi connectivity index (χ0v) is 11.4. The van der Waals surface area contributed by atoms with Crippen LogP contribution in [-0.2, 0) is 6.61 Å². The Morgan fingerprint density at radius 3 is 2.38 bits per heavy atom. The van der Waals surface area contributed by atoms with Crippen LogP contribution in [0.4, 0.5) is 8.78 Å². The lowest BCUT2D eigenvalue weighted by molar-refractivity contribution is 0.261. The van der Waals surface area contributed by atoms with Gasteiger partial charge in [-0.25, -0.2) is 8.78 Å². The van der Waals surface area contributed by atoms with Crippen LogP contribution in [0, 0.1) is 23.0 Å². The number of nitriles is 1. The van der Waals surface area contributed by atoms with E-state index in [0.29, 0.717) is 23.7 Å². The van der Waals surface area contributed by atoms with Gasteiger partial charge in [0.15, 0.2) is 11.5 Å². The molecule has 0 aliphatic rings. The SMILES string of the molecule is CCOc1cc(C#N)ccc1OCc1c(F)cccc1F. The van der Waals surface area contributed by atoms with E-state index in [1.807, 2.05) is 6.07 Å². The molecule has 0 saturated heterocycles. The Balaban J connectivity index is 2.22. The number of benzene rings is 2. The molecule has 0 aliphatic carbocycles. The normalized spacial score (nSPS) is 10.0. The third kappa shape index (κ3) is 3.48. The molecule has 21 heavy (non-hydrogen) atoms. The molecule has 0 unspecified atom stereocenters. The third-order valence-corrected chi connectivity index (χ3v) is 2.81. The lowest BCUT2D eigenvalue weighted by Crippen LogP contribution is -2.03. The topological polar surface area (TPSA) is 42.2 Å². The van der Waals surface area contributed by atoms with Gasteiger partial charge < -0.3 is 9.47 Å². The molecule has 0 amide bonds. The fraction of sp³-hybridized carbons (Fsp3) is 0.188. The highest BCUT2D eigenvalue weighted by atomic mass is 19.1. The fourth-order valence-corrected chi connectivity index (χ4v) is 1.79. The van der Waals surface area contributed by atoms with Crippen LogP contribution in [0.2, 0.25) is 0 Å². The summed E-state index contributed by atoms with van der Waals surface area (Å²) in [6.07, 6.45) is 0. The van der Waals surface area contributed by atoms with E-state index in [4.69, 9.17) is 14.7 Å². The van der Waals surface area contributed by atoms with Crippen molar-refractivity contribution in [3.8, 4) is 17.6 Å². The Morgan fingerprint density at radius 2 is 1.76 bits per heavy atom. The van der Waals surface area contributed by atoms with Gasteiger partial charge in [0, 0.05) is 6.07 Å². The largest absolute Gasteiger partial charge is 0.490 e. The maximum atomic E-state index is 13.5. The van der Waals surface area contributed by atoms with E-state index in [2.05, 4.69) is 0 Å². The maximum absolute atomic E-state index is 13.5. The van der Waals surface area contributed by atoms with Crippen molar-refractivity contribution < 1.29 is 18.3 Å². The summed E-state index contributed by atoms with van der Waals surface area (Å²) >= 11 is 0. The molecule has 0 N–H and O–H groups in total. The van der Waals surface area contributed by atoms with Gasteiger partial charge in [0.25, 0.3) is 0 Å². The lowest BCUT2D eigenvalue weighted by atomic mass is 10.2. The molecule has 0 atom stereocenters. The second-order valence-electron chi connectivity index (χ2n) is 4.20. The monoisotopic (exact) mass is 289 g/mol. The van der Waals surface area contributed by atoms with E-state index in [0.717, 1.165) is 0 Å². The van der Waals surface area contributed by atoms with Gasteiger partial charge in [0.05, 0.1) is 23.8 Å². The van der Waals surface area contributed by atoms with Crippen LogP contribution in [0.1, 0.15) is 18.1 Å². The zero-order chi connectivity index (χ0) is 15.2. The van der Waals surface area contributed by atoms with Crippen LogP contribution in [-0.4, -0.2) is 6.61 Å². The van der Waals surface area contributed by atoms with E-state index in [9.17, 15) is 8.78 Å². The average molecular weight is 289 g/mol. The first-order chi connectivity index (χ1) is 10.2. The minimum absolute atomic E-state index is 0.149.